The lowest BCUT2D eigenvalue weighted by Crippen LogP contribution is -2.62. The van der Waals surface area contributed by atoms with Gasteiger partial charge in [0.1, 0.15) is 17.9 Å². The molecule has 3 aliphatic carbocycles. The molecule has 0 spiro atoms. The van der Waals surface area contributed by atoms with Crippen LogP contribution in [0.2, 0.25) is 0 Å². The van der Waals surface area contributed by atoms with Crippen molar-refractivity contribution in [2.24, 2.45) is 35.0 Å². The monoisotopic (exact) mass is 735 g/mol. The van der Waals surface area contributed by atoms with Gasteiger partial charge in [0, 0.05) is 61.0 Å². The van der Waals surface area contributed by atoms with E-state index in [1.54, 1.807) is 19.1 Å². The Morgan fingerprint density at radius 3 is 2.40 bits per heavy atom. The minimum atomic E-state index is -0.895. The number of amides is 2. The Hall–Kier alpha value is -3.22. The fraction of sp³-hybridized carbons (Fsp3) is 0.667. The summed E-state index contributed by atoms with van der Waals surface area (Å²) >= 11 is 0. The van der Waals surface area contributed by atoms with Crippen LogP contribution < -0.4 is 20.3 Å². The van der Waals surface area contributed by atoms with Crippen molar-refractivity contribution in [3.63, 3.8) is 0 Å². The van der Waals surface area contributed by atoms with E-state index in [0.29, 0.717) is 35.0 Å². The maximum atomic E-state index is 14.3. The number of aliphatic hydroxyl groups is 2. The Balaban J connectivity index is 1.45. The Kier molecular flexibility index (Phi) is 12.9. The van der Waals surface area contributed by atoms with Crippen LogP contribution in [0.3, 0.4) is 0 Å². The summed E-state index contributed by atoms with van der Waals surface area (Å²) in [4.78, 5) is 38.5. The molecule has 11 nitrogen and oxygen atoms in total. The normalized spacial score (nSPS) is 28.2. The number of hydrogen-bond acceptors (Lipinski definition) is 9. The van der Waals surface area contributed by atoms with E-state index in [0.717, 1.165) is 41.8 Å². The number of benzene rings is 2. The van der Waals surface area contributed by atoms with Crippen LogP contribution in [-0.4, -0.2) is 111 Å². The molecule has 2 aromatic carbocycles. The number of rotatable bonds is 15. The zero-order chi connectivity index (χ0) is 38.9. The van der Waals surface area contributed by atoms with Crippen molar-refractivity contribution in [3.8, 4) is 16.9 Å². The molecule has 4 aliphatic rings. The van der Waals surface area contributed by atoms with Gasteiger partial charge in [-0.25, -0.2) is 0 Å². The van der Waals surface area contributed by atoms with Gasteiger partial charge in [-0.15, -0.1) is 0 Å². The molecule has 1 unspecified atom stereocenters. The number of likely N-dealkylation sites (N-methyl/N-ethyl adjacent to an activating group) is 1. The molecule has 2 bridgehead atoms. The molecule has 4 fully saturated rings. The van der Waals surface area contributed by atoms with Gasteiger partial charge in [0.05, 0.1) is 26.4 Å². The molecular weight excluding hydrogens is 670 g/mol. The Morgan fingerprint density at radius 1 is 1.11 bits per heavy atom. The molecular formula is C42H65N5O6. The lowest BCUT2D eigenvalue weighted by atomic mass is 9.45. The lowest BCUT2D eigenvalue weighted by molar-refractivity contribution is -0.183. The molecule has 0 aromatic heterocycles. The second kappa shape index (κ2) is 16.7. The van der Waals surface area contributed by atoms with Crippen LogP contribution in [0.25, 0.3) is 11.1 Å². The summed E-state index contributed by atoms with van der Waals surface area (Å²) in [5.74, 6) is 1.40. The van der Waals surface area contributed by atoms with Crippen molar-refractivity contribution in [1.82, 2.24) is 20.6 Å². The molecule has 11 heteroatoms. The number of aliphatic hydroxyl groups excluding tert-OH is 2. The van der Waals surface area contributed by atoms with E-state index >= 15 is 0 Å². The first-order chi connectivity index (χ1) is 25.0. The van der Waals surface area contributed by atoms with Gasteiger partial charge in [0.25, 0.3) is 5.91 Å². The van der Waals surface area contributed by atoms with Crippen molar-refractivity contribution in [2.45, 2.75) is 97.7 Å². The van der Waals surface area contributed by atoms with Gasteiger partial charge in [-0.1, -0.05) is 59.2 Å². The first-order valence-electron chi connectivity index (χ1n) is 19.5. The maximum Gasteiger partial charge on any atom is 0.251 e. The average Bonchev–Trinajstić information content (AvgIpc) is 3.49. The number of ether oxygens (including phenoxy) is 1. The number of carbonyl (C=O) groups is 2. The molecule has 1 saturated heterocycles. The van der Waals surface area contributed by atoms with Gasteiger partial charge < -0.3 is 35.4 Å². The predicted molar refractivity (Wildman–Crippen MR) is 210 cm³/mol. The number of hydroxylamine groups is 2. The number of nitrogens with one attached hydrogen (secondary N) is 2. The lowest BCUT2D eigenvalue weighted by Gasteiger charge is -2.62. The van der Waals surface area contributed by atoms with E-state index in [-0.39, 0.29) is 42.5 Å². The summed E-state index contributed by atoms with van der Waals surface area (Å²) in [7, 11) is 9.55. The van der Waals surface area contributed by atoms with Gasteiger partial charge in [0.2, 0.25) is 5.91 Å². The molecule has 6 rings (SSSR count). The highest BCUT2D eigenvalue weighted by atomic mass is 16.7. The summed E-state index contributed by atoms with van der Waals surface area (Å²) in [5, 5.41) is 29.6. The Bertz CT molecular complexity index is 1600. The average molecular weight is 736 g/mol. The van der Waals surface area contributed by atoms with Crippen molar-refractivity contribution in [3.05, 3.63) is 47.5 Å². The third-order valence-corrected chi connectivity index (χ3v) is 12.9. The first kappa shape index (κ1) is 41.0. The number of para-hydroxylation sites is 1. The van der Waals surface area contributed by atoms with E-state index in [9.17, 15) is 19.8 Å². The molecule has 2 amide bonds. The minimum absolute atomic E-state index is 0.00972. The smallest absolute Gasteiger partial charge is 0.251 e. The summed E-state index contributed by atoms with van der Waals surface area (Å²) < 4.78 is 6.09. The molecule has 3 saturated carbocycles. The molecule has 0 radical (unpaired) electrons. The minimum Gasteiger partial charge on any atom is -0.496 e. The highest BCUT2D eigenvalue weighted by Gasteiger charge is 2.57. The first-order valence-corrected chi connectivity index (χ1v) is 19.5. The number of hydrogen-bond donors (Lipinski definition) is 4. The molecule has 53 heavy (non-hydrogen) atoms. The van der Waals surface area contributed by atoms with Crippen molar-refractivity contribution < 1.29 is 29.4 Å². The molecule has 294 valence electrons. The molecule has 1 aliphatic heterocycles. The molecule has 10 atom stereocenters. The zero-order valence-corrected chi connectivity index (χ0v) is 33.8. The van der Waals surface area contributed by atoms with Crippen LogP contribution in [-0.2, 0) is 16.2 Å². The third kappa shape index (κ3) is 8.39. The molecule has 2 aromatic rings. The van der Waals surface area contributed by atoms with E-state index < -0.39 is 24.2 Å². The van der Waals surface area contributed by atoms with Crippen molar-refractivity contribution >= 4 is 17.5 Å². The van der Waals surface area contributed by atoms with Crippen molar-refractivity contribution in [2.75, 3.05) is 53.4 Å². The molecule has 1 heterocycles. The van der Waals surface area contributed by atoms with Crippen LogP contribution in [0.1, 0.15) is 76.7 Å². The summed E-state index contributed by atoms with van der Waals surface area (Å²) in [5.41, 5.74) is 4.08. The number of nitrogens with zero attached hydrogens (tertiary/aromatic N) is 3. The van der Waals surface area contributed by atoms with Crippen LogP contribution in [0.4, 0.5) is 5.69 Å². The van der Waals surface area contributed by atoms with Gasteiger partial charge in [0.15, 0.2) is 0 Å². The Morgan fingerprint density at radius 2 is 1.83 bits per heavy atom. The summed E-state index contributed by atoms with van der Waals surface area (Å²) in [6.07, 6.45) is 1.44. The second-order valence-electron chi connectivity index (χ2n) is 17.1. The standard InChI is InChI=1S/C42H65N5O6/c1-12-24(2)35(22-45(7)8)44-40(50)29-16-28(17-31(18-29)46(9)10)32-15-13-14-27(39(32)52-11)21-47-38(37(26(4)49)36(23-48)53-47)41(51)43-34-20-30-19-33(25(34)3)42(30,5)6/h13-18,24-26,30,33-38,48-49H,12,19-23H2,1-11H3,(H,43,51)(H,44,50)/t24-,25-,26-,30+,33-,34?,35+,36-,37+,38-/m0/s1. The Labute approximate surface area is 317 Å². The van der Waals surface area contributed by atoms with E-state index in [1.807, 2.05) is 69.5 Å². The van der Waals surface area contributed by atoms with Gasteiger partial charge in [-0.2, -0.15) is 5.06 Å². The fourth-order valence-corrected chi connectivity index (χ4v) is 9.28. The summed E-state index contributed by atoms with van der Waals surface area (Å²) in [6, 6.07) is 10.9. The van der Waals surface area contributed by atoms with Crippen LogP contribution >= 0.6 is 0 Å². The number of fused-ring (bicyclic) bond motifs is 2. The molecule has 4 N–H and O–H groups in total. The number of anilines is 1. The van der Waals surface area contributed by atoms with Crippen LogP contribution in [0, 0.1) is 35.0 Å². The number of carbonyl (C=O) groups excluding carboxylic acids is 2. The second-order valence-corrected chi connectivity index (χ2v) is 17.1. The van der Waals surface area contributed by atoms with Gasteiger partial charge in [-0.05, 0) is 86.7 Å². The van der Waals surface area contributed by atoms with E-state index in [4.69, 9.17) is 9.57 Å². The zero-order valence-electron chi connectivity index (χ0n) is 33.8. The third-order valence-electron chi connectivity index (χ3n) is 12.9. The van der Waals surface area contributed by atoms with E-state index in [2.05, 4.69) is 50.2 Å². The topological polar surface area (TPSA) is 127 Å². The predicted octanol–water partition coefficient (Wildman–Crippen LogP) is 4.79. The van der Waals surface area contributed by atoms with E-state index in [1.165, 1.54) is 6.42 Å². The van der Waals surface area contributed by atoms with Gasteiger partial charge in [-0.3, -0.25) is 14.4 Å². The van der Waals surface area contributed by atoms with Crippen molar-refractivity contribution in [1.29, 1.82) is 0 Å². The quantitative estimate of drug-likeness (QED) is 0.204. The SMILES string of the molecule is CC[C@H](C)[C@@H](CN(C)C)NC(=O)c1cc(-c2cccc(CN3O[C@@H](CO)[C@@H]([C@H](C)O)[C@H]3C(=O)NC3C[C@H]4C[C@@H]([C@@H]3C)C4(C)C)c2OC)cc(N(C)C)c1. The fourth-order valence-electron chi connectivity index (χ4n) is 9.28. The largest absolute Gasteiger partial charge is 0.496 e. The van der Waals surface area contributed by atoms with Crippen LogP contribution in [0.5, 0.6) is 5.75 Å². The highest BCUT2D eigenvalue weighted by molar-refractivity contribution is 5.97. The highest BCUT2D eigenvalue weighted by Crippen LogP contribution is 2.61. The maximum absolute atomic E-state index is 14.3. The number of methoxy groups -OCH3 is 1. The summed E-state index contributed by atoms with van der Waals surface area (Å²) in [6.45, 7) is 13.4. The van der Waals surface area contributed by atoms with Gasteiger partial charge >= 0.3 is 0 Å². The van der Waals surface area contributed by atoms with Crippen LogP contribution in [0.15, 0.2) is 36.4 Å².